The van der Waals surface area contributed by atoms with Crippen LogP contribution in [-0.4, -0.2) is 61.2 Å². The van der Waals surface area contributed by atoms with Gasteiger partial charge in [-0.3, -0.25) is 0 Å². The highest BCUT2D eigenvalue weighted by Crippen LogP contribution is 2.07. The van der Waals surface area contributed by atoms with Crippen molar-refractivity contribution in [3.8, 4) is 0 Å². The summed E-state index contributed by atoms with van der Waals surface area (Å²) in [5.41, 5.74) is 1.94. The number of nitrogens with one attached hydrogen (secondary N) is 2. The number of rotatable bonds is 6. The number of hydrazone groups is 1. The van der Waals surface area contributed by atoms with Crippen LogP contribution < -0.4 is 10.7 Å². The zero-order chi connectivity index (χ0) is 18.0. The van der Waals surface area contributed by atoms with E-state index in [1.807, 2.05) is 20.8 Å². The van der Waals surface area contributed by atoms with Crippen molar-refractivity contribution < 1.29 is 19.1 Å². The highest BCUT2D eigenvalue weighted by molar-refractivity contribution is 5.78. The maximum absolute atomic E-state index is 11.9. The Morgan fingerprint density at radius 1 is 1.33 bits per heavy atom. The number of ether oxygens (including phenoxy) is 2. The molecule has 0 aliphatic carbocycles. The third kappa shape index (κ3) is 8.71. The van der Waals surface area contributed by atoms with E-state index in [-0.39, 0.29) is 12.1 Å². The van der Waals surface area contributed by atoms with Crippen molar-refractivity contribution in [1.29, 1.82) is 0 Å². The summed E-state index contributed by atoms with van der Waals surface area (Å²) < 4.78 is 10.4. The van der Waals surface area contributed by atoms with Crippen molar-refractivity contribution in [2.75, 3.05) is 26.3 Å². The van der Waals surface area contributed by atoms with E-state index in [9.17, 15) is 9.59 Å². The van der Waals surface area contributed by atoms with Crippen LogP contribution in [0.25, 0.3) is 0 Å². The average Bonchev–Trinajstić information content (AvgIpc) is 2.51. The molecule has 1 atom stereocenters. The van der Waals surface area contributed by atoms with Gasteiger partial charge in [0.25, 0.3) is 0 Å². The van der Waals surface area contributed by atoms with Crippen LogP contribution in [0.3, 0.4) is 0 Å². The van der Waals surface area contributed by atoms with Crippen LogP contribution in [0.5, 0.6) is 0 Å². The lowest BCUT2D eigenvalue weighted by Crippen LogP contribution is -2.45. The Morgan fingerprint density at radius 2 is 2.00 bits per heavy atom. The van der Waals surface area contributed by atoms with Crippen LogP contribution in [0.4, 0.5) is 9.59 Å². The fourth-order valence-corrected chi connectivity index (χ4v) is 2.09. The number of nitrogens with zero attached hydrogens (tertiary/aromatic N) is 2. The highest BCUT2D eigenvalue weighted by atomic mass is 16.6. The Morgan fingerprint density at radius 3 is 2.58 bits per heavy atom. The van der Waals surface area contributed by atoms with Gasteiger partial charge in [-0.2, -0.15) is 5.10 Å². The third-order valence-corrected chi connectivity index (χ3v) is 3.28. The summed E-state index contributed by atoms with van der Waals surface area (Å²) >= 11 is 0. The largest absolute Gasteiger partial charge is 0.444 e. The van der Waals surface area contributed by atoms with Gasteiger partial charge in [0, 0.05) is 19.3 Å². The van der Waals surface area contributed by atoms with Gasteiger partial charge in [0.2, 0.25) is 0 Å². The molecule has 1 rings (SSSR count). The van der Waals surface area contributed by atoms with E-state index in [0.29, 0.717) is 26.3 Å². The van der Waals surface area contributed by atoms with E-state index in [0.717, 1.165) is 19.3 Å². The summed E-state index contributed by atoms with van der Waals surface area (Å²) in [6.45, 7) is 9.68. The first-order valence-electron chi connectivity index (χ1n) is 8.47. The van der Waals surface area contributed by atoms with Crippen molar-refractivity contribution in [2.45, 2.75) is 58.6 Å². The minimum absolute atomic E-state index is 0.263. The number of hydrogen-bond donors (Lipinski definition) is 2. The van der Waals surface area contributed by atoms with Gasteiger partial charge < -0.3 is 19.7 Å². The lowest BCUT2D eigenvalue weighted by molar-refractivity contribution is 0.0516. The van der Waals surface area contributed by atoms with Crippen LogP contribution in [0.2, 0.25) is 0 Å². The monoisotopic (exact) mass is 342 g/mol. The minimum atomic E-state index is -0.554. The second-order valence-electron chi connectivity index (χ2n) is 6.69. The van der Waals surface area contributed by atoms with Crippen LogP contribution in [0, 0.1) is 0 Å². The molecule has 0 saturated carbocycles. The third-order valence-electron chi connectivity index (χ3n) is 3.28. The first kappa shape index (κ1) is 20.2. The molecule has 0 aromatic carbocycles. The molecule has 1 aliphatic rings. The molecule has 0 aromatic heterocycles. The number of hydrogen-bond acceptors (Lipinski definition) is 5. The predicted octanol–water partition coefficient (Wildman–Crippen LogP) is 2.10. The second kappa shape index (κ2) is 10.1. The Kier molecular flexibility index (Phi) is 8.53. The van der Waals surface area contributed by atoms with E-state index < -0.39 is 11.7 Å². The zero-order valence-electron chi connectivity index (χ0n) is 15.1. The average molecular weight is 342 g/mol. The molecule has 0 aromatic rings. The number of amides is 3. The number of unbranched alkanes of at least 4 members (excludes halogenated alkanes) is 1. The number of carbonyl (C=O) groups excluding carboxylic acids is 2. The highest BCUT2D eigenvalue weighted by Gasteiger charge is 2.19. The van der Waals surface area contributed by atoms with E-state index in [4.69, 9.17) is 9.47 Å². The molecule has 1 saturated heterocycles. The topological polar surface area (TPSA) is 92.3 Å². The summed E-state index contributed by atoms with van der Waals surface area (Å²) in [6, 6.07) is -0.550. The Bertz CT molecular complexity index is 428. The van der Waals surface area contributed by atoms with Gasteiger partial charge in [-0.05, 0) is 27.2 Å². The maximum atomic E-state index is 11.9. The van der Waals surface area contributed by atoms with Crippen molar-refractivity contribution >= 4 is 18.3 Å². The molecule has 0 unspecified atom stereocenters. The quantitative estimate of drug-likeness (QED) is 0.571. The van der Waals surface area contributed by atoms with Crippen molar-refractivity contribution in [1.82, 2.24) is 15.6 Å². The number of alkyl carbamates (subject to hydrolysis) is 1. The summed E-state index contributed by atoms with van der Waals surface area (Å²) in [5, 5.41) is 6.74. The van der Waals surface area contributed by atoms with E-state index in [2.05, 4.69) is 22.8 Å². The first-order valence-corrected chi connectivity index (χ1v) is 8.47. The fraction of sp³-hybridized carbons (Fsp3) is 0.812. The van der Waals surface area contributed by atoms with E-state index >= 15 is 0 Å². The molecule has 8 nitrogen and oxygen atoms in total. The van der Waals surface area contributed by atoms with Gasteiger partial charge >= 0.3 is 12.1 Å². The number of carbonyl (C=O) groups is 2. The Balaban J connectivity index is 2.48. The molecule has 0 radical (unpaired) electrons. The summed E-state index contributed by atoms with van der Waals surface area (Å²) in [7, 11) is 0. The molecular formula is C16H30N4O4. The van der Waals surface area contributed by atoms with Gasteiger partial charge in [-0.15, -0.1) is 0 Å². The van der Waals surface area contributed by atoms with E-state index in [1.165, 1.54) is 6.21 Å². The molecule has 138 valence electrons. The Hall–Kier alpha value is -1.83. The van der Waals surface area contributed by atoms with Gasteiger partial charge in [0.1, 0.15) is 5.60 Å². The van der Waals surface area contributed by atoms with Crippen LogP contribution in [0.1, 0.15) is 47.0 Å². The SMILES string of the molecule is CCCC[C@@H](/C=N/NC(=O)N1CCOCC1)NC(=O)OC(C)(C)C. The van der Waals surface area contributed by atoms with Crippen LogP contribution in [0.15, 0.2) is 5.10 Å². The molecular weight excluding hydrogens is 312 g/mol. The van der Waals surface area contributed by atoms with Crippen LogP contribution in [-0.2, 0) is 9.47 Å². The molecule has 1 aliphatic heterocycles. The molecule has 1 heterocycles. The van der Waals surface area contributed by atoms with Gasteiger partial charge in [0.15, 0.2) is 0 Å². The maximum Gasteiger partial charge on any atom is 0.408 e. The number of morpholine rings is 1. The number of urea groups is 1. The normalized spacial score (nSPS) is 16.8. The molecule has 2 N–H and O–H groups in total. The molecule has 1 fully saturated rings. The fourth-order valence-electron chi connectivity index (χ4n) is 2.09. The van der Waals surface area contributed by atoms with Crippen molar-refractivity contribution in [3.05, 3.63) is 0 Å². The first-order chi connectivity index (χ1) is 11.3. The summed E-state index contributed by atoms with van der Waals surface area (Å²) in [6.07, 6.45) is 3.71. The van der Waals surface area contributed by atoms with E-state index in [1.54, 1.807) is 4.90 Å². The molecule has 8 heteroatoms. The lowest BCUT2D eigenvalue weighted by atomic mass is 10.1. The Labute approximate surface area is 143 Å². The van der Waals surface area contributed by atoms with Crippen molar-refractivity contribution in [2.24, 2.45) is 5.10 Å². The zero-order valence-corrected chi connectivity index (χ0v) is 15.1. The lowest BCUT2D eigenvalue weighted by Gasteiger charge is -2.26. The standard InChI is InChI=1S/C16H30N4O4/c1-5-6-7-13(18-15(22)24-16(2,3)4)12-17-19-14(21)20-8-10-23-11-9-20/h12-13H,5-11H2,1-4H3,(H,18,22)(H,19,21)/b17-12+/t13-/m0/s1. The summed E-state index contributed by atoms with van der Waals surface area (Å²) in [4.78, 5) is 25.5. The predicted molar refractivity (Wildman–Crippen MR) is 92.1 cm³/mol. The van der Waals surface area contributed by atoms with Crippen molar-refractivity contribution in [3.63, 3.8) is 0 Å². The summed E-state index contributed by atoms with van der Waals surface area (Å²) in [5.74, 6) is 0. The van der Waals surface area contributed by atoms with Gasteiger partial charge in [0.05, 0.1) is 19.3 Å². The molecule has 24 heavy (non-hydrogen) atoms. The minimum Gasteiger partial charge on any atom is -0.444 e. The van der Waals surface area contributed by atoms with Crippen LogP contribution >= 0.6 is 0 Å². The molecule has 0 spiro atoms. The smallest absolute Gasteiger partial charge is 0.408 e. The second-order valence-corrected chi connectivity index (χ2v) is 6.69. The van der Waals surface area contributed by atoms with Gasteiger partial charge in [-0.1, -0.05) is 19.8 Å². The molecule has 0 bridgehead atoms. The van der Waals surface area contributed by atoms with Gasteiger partial charge in [-0.25, -0.2) is 15.0 Å². The molecule has 3 amide bonds.